The summed E-state index contributed by atoms with van der Waals surface area (Å²) in [5, 5.41) is 6.82. The Morgan fingerprint density at radius 1 is 1.04 bits per heavy atom. The van der Waals surface area contributed by atoms with E-state index in [9.17, 15) is 0 Å². The number of rotatable bonds is 7. The minimum absolute atomic E-state index is 0. The molecule has 0 unspecified atom stereocenters. The van der Waals surface area contributed by atoms with E-state index in [4.69, 9.17) is 0 Å². The third kappa shape index (κ3) is 8.11. The summed E-state index contributed by atoms with van der Waals surface area (Å²) < 4.78 is 0. The first kappa shape index (κ1) is 23.8. The molecule has 2 N–H and O–H groups in total. The van der Waals surface area contributed by atoms with E-state index >= 15 is 0 Å². The molecule has 0 saturated heterocycles. The number of guanidine groups is 1. The Labute approximate surface area is 185 Å². The molecule has 0 aliphatic heterocycles. The first-order chi connectivity index (χ1) is 12.5. The van der Waals surface area contributed by atoms with Gasteiger partial charge in [0.25, 0.3) is 0 Å². The molecule has 148 valence electrons. The van der Waals surface area contributed by atoms with Gasteiger partial charge in [-0.1, -0.05) is 36.4 Å². The highest BCUT2D eigenvalue weighted by molar-refractivity contribution is 14.0. The number of hydrogen-bond donors (Lipinski definition) is 2. The predicted octanol–water partition coefficient (Wildman–Crippen LogP) is 4.26. The molecule has 6 heteroatoms. The quantitative estimate of drug-likeness (QED) is 0.259. The second-order valence-electron chi connectivity index (χ2n) is 6.65. The molecule has 0 aromatic heterocycles. The molecule has 0 aliphatic rings. The van der Waals surface area contributed by atoms with Crippen molar-refractivity contribution in [1.82, 2.24) is 15.5 Å². The normalized spacial score (nSPS) is 11.3. The van der Waals surface area contributed by atoms with Gasteiger partial charge in [0.05, 0.1) is 0 Å². The maximum Gasteiger partial charge on any atom is 0.191 e. The molecular formula is C21H31IN4S. The summed E-state index contributed by atoms with van der Waals surface area (Å²) in [7, 11) is 5.98. The average Bonchev–Trinajstić information content (AvgIpc) is 2.62. The number of aliphatic imine (C=N–C) groups is 1. The first-order valence-electron chi connectivity index (χ1n) is 8.82. The Hall–Kier alpha value is -1.25. The van der Waals surface area contributed by atoms with Crippen LogP contribution in [0.1, 0.15) is 22.3 Å². The van der Waals surface area contributed by atoms with Gasteiger partial charge in [0.15, 0.2) is 5.96 Å². The Morgan fingerprint density at radius 3 is 2.41 bits per heavy atom. The van der Waals surface area contributed by atoms with E-state index in [1.54, 1.807) is 11.8 Å². The van der Waals surface area contributed by atoms with Gasteiger partial charge in [-0.15, -0.1) is 35.7 Å². The van der Waals surface area contributed by atoms with Gasteiger partial charge in [-0.05, 0) is 55.6 Å². The molecule has 0 atom stereocenters. The Balaban J connectivity index is 0.00000364. The average molecular weight is 498 g/mol. The maximum absolute atomic E-state index is 4.34. The molecule has 0 fully saturated rings. The molecule has 27 heavy (non-hydrogen) atoms. The fraction of sp³-hybridized carbons (Fsp3) is 0.381. The number of hydrogen-bond acceptors (Lipinski definition) is 3. The zero-order chi connectivity index (χ0) is 18.9. The van der Waals surface area contributed by atoms with Crippen molar-refractivity contribution in [2.75, 3.05) is 27.4 Å². The molecule has 2 rings (SSSR count). The van der Waals surface area contributed by atoms with Gasteiger partial charge in [0, 0.05) is 31.6 Å². The summed E-state index contributed by atoms with van der Waals surface area (Å²) in [6, 6.07) is 15.2. The summed E-state index contributed by atoms with van der Waals surface area (Å²) in [6.45, 7) is 4.59. The predicted molar refractivity (Wildman–Crippen MR) is 129 cm³/mol. The van der Waals surface area contributed by atoms with Crippen molar-refractivity contribution in [3.05, 3.63) is 64.7 Å². The largest absolute Gasteiger partial charge is 0.352 e. The molecule has 2 aromatic rings. The number of thioether (sulfide) groups is 1. The van der Waals surface area contributed by atoms with Gasteiger partial charge in [-0.2, -0.15) is 0 Å². The molecule has 4 nitrogen and oxygen atoms in total. The van der Waals surface area contributed by atoms with Gasteiger partial charge < -0.3 is 15.5 Å². The Bertz CT molecular complexity index is 747. The Morgan fingerprint density at radius 2 is 1.74 bits per heavy atom. The van der Waals surface area contributed by atoms with Crippen molar-refractivity contribution in [3.8, 4) is 0 Å². The van der Waals surface area contributed by atoms with E-state index < -0.39 is 0 Å². The van der Waals surface area contributed by atoms with Crippen LogP contribution in [0.15, 0.2) is 52.4 Å². The lowest BCUT2D eigenvalue weighted by Crippen LogP contribution is -2.36. The standard InChI is InChI=1S/C21H30N4S.HI/c1-16-9-10-19(20(11-16)26-5)14-24-21(22-2)23-13-17-7-6-8-18(12-17)15-25(3)4;/h6-12H,13-15H2,1-5H3,(H2,22,23,24);1H. The van der Waals surface area contributed by atoms with Crippen molar-refractivity contribution in [1.29, 1.82) is 0 Å². The molecule has 0 bridgehead atoms. The van der Waals surface area contributed by atoms with E-state index in [1.807, 2.05) is 7.05 Å². The molecular weight excluding hydrogens is 467 g/mol. The first-order valence-corrected chi connectivity index (χ1v) is 10.0. The van der Waals surface area contributed by atoms with Crippen LogP contribution in [0.4, 0.5) is 0 Å². The minimum atomic E-state index is 0. The molecule has 0 aliphatic carbocycles. The lowest BCUT2D eigenvalue weighted by molar-refractivity contribution is 0.402. The number of halogens is 1. The van der Waals surface area contributed by atoms with E-state index in [2.05, 4.69) is 90.3 Å². The molecule has 0 heterocycles. The molecule has 0 amide bonds. The van der Waals surface area contributed by atoms with Crippen LogP contribution in [0.3, 0.4) is 0 Å². The van der Waals surface area contributed by atoms with Crippen molar-refractivity contribution in [3.63, 3.8) is 0 Å². The van der Waals surface area contributed by atoms with E-state index in [-0.39, 0.29) is 24.0 Å². The number of nitrogens with zero attached hydrogens (tertiary/aromatic N) is 2. The molecule has 0 spiro atoms. The fourth-order valence-electron chi connectivity index (χ4n) is 2.79. The Kier molecular flexibility index (Phi) is 10.8. The fourth-order valence-corrected chi connectivity index (χ4v) is 3.49. The summed E-state index contributed by atoms with van der Waals surface area (Å²) in [6.07, 6.45) is 2.12. The van der Waals surface area contributed by atoms with Crippen molar-refractivity contribution < 1.29 is 0 Å². The van der Waals surface area contributed by atoms with Crippen LogP contribution in [0.2, 0.25) is 0 Å². The van der Waals surface area contributed by atoms with Gasteiger partial charge in [-0.25, -0.2) is 0 Å². The topological polar surface area (TPSA) is 39.7 Å². The lowest BCUT2D eigenvalue weighted by atomic mass is 10.1. The van der Waals surface area contributed by atoms with Gasteiger partial charge in [0.2, 0.25) is 0 Å². The zero-order valence-electron chi connectivity index (χ0n) is 16.9. The monoisotopic (exact) mass is 498 g/mol. The second-order valence-corrected chi connectivity index (χ2v) is 7.50. The number of nitrogens with one attached hydrogen (secondary N) is 2. The van der Waals surface area contributed by atoms with E-state index in [0.717, 1.165) is 25.6 Å². The van der Waals surface area contributed by atoms with Crippen LogP contribution >= 0.6 is 35.7 Å². The van der Waals surface area contributed by atoms with Gasteiger partial charge in [-0.3, -0.25) is 4.99 Å². The van der Waals surface area contributed by atoms with E-state index in [0.29, 0.717) is 0 Å². The summed E-state index contributed by atoms with van der Waals surface area (Å²) in [4.78, 5) is 7.83. The SMILES string of the molecule is CN=C(NCc1cccc(CN(C)C)c1)NCc1ccc(C)cc1SC.I. The highest BCUT2D eigenvalue weighted by atomic mass is 127. The van der Waals surface area contributed by atoms with Crippen LogP contribution in [0.5, 0.6) is 0 Å². The van der Waals surface area contributed by atoms with Crippen molar-refractivity contribution in [2.24, 2.45) is 4.99 Å². The third-order valence-corrected chi connectivity index (χ3v) is 4.88. The third-order valence-electron chi connectivity index (χ3n) is 4.06. The second kappa shape index (κ2) is 12.3. The van der Waals surface area contributed by atoms with Crippen LogP contribution in [0, 0.1) is 6.92 Å². The highest BCUT2D eigenvalue weighted by Gasteiger charge is 2.04. The number of aryl methyl sites for hydroxylation is 1. The number of benzene rings is 2. The molecule has 0 radical (unpaired) electrons. The van der Waals surface area contributed by atoms with Crippen LogP contribution in [-0.4, -0.2) is 38.3 Å². The summed E-state index contributed by atoms with van der Waals surface area (Å²) in [5.74, 6) is 0.815. The maximum atomic E-state index is 4.34. The van der Waals surface area contributed by atoms with Crippen molar-refractivity contribution in [2.45, 2.75) is 31.5 Å². The summed E-state index contributed by atoms with van der Waals surface area (Å²) >= 11 is 1.78. The van der Waals surface area contributed by atoms with Gasteiger partial charge in [0.1, 0.15) is 0 Å². The minimum Gasteiger partial charge on any atom is -0.352 e. The van der Waals surface area contributed by atoms with E-state index in [1.165, 1.54) is 27.1 Å². The van der Waals surface area contributed by atoms with Crippen LogP contribution in [0.25, 0.3) is 0 Å². The molecule has 2 aromatic carbocycles. The van der Waals surface area contributed by atoms with Crippen LogP contribution < -0.4 is 10.6 Å². The summed E-state index contributed by atoms with van der Waals surface area (Å²) in [5.41, 5.74) is 5.16. The van der Waals surface area contributed by atoms with Crippen LogP contribution in [-0.2, 0) is 19.6 Å². The zero-order valence-corrected chi connectivity index (χ0v) is 20.0. The smallest absolute Gasteiger partial charge is 0.191 e. The van der Waals surface area contributed by atoms with Gasteiger partial charge >= 0.3 is 0 Å². The van der Waals surface area contributed by atoms with Crippen molar-refractivity contribution >= 4 is 41.7 Å². The highest BCUT2D eigenvalue weighted by Crippen LogP contribution is 2.21. The lowest BCUT2D eigenvalue weighted by Gasteiger charge is -2.15. The molecule has 0 saturated carbocycles.